The highest BCUT2D eigenvalue weighted by Gasteiger charge is 2.20. The summed E-state index contributed by atoms with van der Waals surface area (Å²) in [5, 5.41) is 3.35. The zero-order valence-corrected chi connectivity index (χ0v) is 14.9. The first kappa shape index (κ1) is 17.5. The van der Waals surface area contributed by atoms with E-state index in [0.717, 1.165) is 39.3 Å². The second kappa shape index (κ2) is 8.67. The number of amides is 1. The van der Waals surface area contributed by atoms with Gasteiger partial charge in [-0.2, -0.15) is 0 Å². The Bertz CT molecular complexity index is 679. The SMILES string of the molecule is Cc1cccc(N2CCN(C(=O)CCNCc3ccccc3)CC2)c1. The van der Waals surface area contributed by atoms with Gasteiger partial charge in [-0.3, -0.25) is 4.79 Å². The maximum Gasteiger partial charge on any atom is 0.223 e. The van der Waals surface area contributed by atoms with Gasteiger partial charge in [0.15, 0.2) is 0 Å². The van der Waals surface area contributed by atoms with Crippen LogP contribution in [0.15, 0.2) is 54.6 Å². The van der Waals surface area contributed by atoms with Gasteiger partial charge < -0.3 is 15.1 Å². The Labute approximate surface area is 150 Å². The fourth-order valence-electron chi connectivity index (χ4n) is 3.22. The molecule has 1 saturated heterocycles. The molecular formula is C21H27N3O. The van der Waals surface area contributed by atoms with Crippen LogP contribution in [0.2, 0.25) is 0 Å². The average molecular weight is 337 g/mol. The van der Waals surface area contributed by atoms with Gasteiger partial charge in [0.05, 0.1) is 0 Å². The summed E-state index contributed by atoms with van der Waals surface area (Å²) in [6, 6.07) is 18.9. The number of carbonyl (C=O) groups is 1. The lowest BCUT2D eigenvalue weighted by molar-refractivity contribution is -0.131. The third-order valence-corrected chi connectivity index (χ3v) is 4.69. The predicted octanol–water partition coefficient (Wildman–Crippen LogP) is 2.82. The molecule has 0 aliphatic carbocycles. The first-order valence-electron chi connectivity index (χ1n) is 9.06. The molecule has 132 valence electrons. The molecule has 2 aromatic rings. The number of nitrogens with zero attached hydrogens (tertiary/aromatic N) is 2. The number of benzene rings is 2. The number of anilines is 1. The quantitative estimate of drug-likeness (QED) is 0.824. The molecule has 0 radical (unpaired) electrons. The van der Waals surface area contributed by atoms with Crippen LogP contribution in [0.5, 0.6) is 0 Å². The van der Waals surface area contributed by atoms with Crippen molar-refractivity contribution in [2.24, 2.45) is 0 Å². The molecule has 0 unspecified atom stereocenters. The van der Waals surface area contributed by atoms with Gasteiger partial charge in [-0.1, -0.05) is 42.5 Å². The maximum absolute atomic E-state index is 12.4. The number of nitrogens with one attached hydrogen (secondary N) is 1. The standard InChI is InChI=1S/C21H27N3O/c1-18-6-5-9-20(16-18)23-12-14-24(15-13-23)21(25)10-11-22-17-19-7-3-2-4-8-19/h2-9,16,22H,10-15,17H2,1H3. The highest BCUT2D eigenvalue weighted by molar-refractivity contribution is 5.76. The van der Waals surface area contributed by atoms with Crippen LogP contribution in [0.25, 0.3) is 0 Å². The van der Waals surface area contributed by atoms with Crippen LogP contribution in [0.1, 0.15) is 17.5 Å². The van der Waals surface area contributed by atoms with Crippen LogP contribution >= 0.6 is 0 Å². The molecular weight excluding hydrogens is 310 g/mol. The molecule has 0 spiro atoms. The molecule has 0 atom stereocenters. The Hall–Kier alpha value is -2.33. The largest absolute Gasteiger partial charge is 0.368 e. The van der Waals surface area contributed by atoms with Crippen molar-refractivity contribution in [1.29, 1.82) is 0 Å². The zero-order chi connectivity index (χ0) is 17.5. The lowest BCUT2D eigenvalue weighted by Gasteiger charge is -2.36. The minimum absolute atomic E-state index is 0.254. The molecule has 1 aliphatic heterocycles. The van der Waals surface area contributed by atoms with Crippen molar-refractivity contribution in [1.82, 2.24) is 10.2 Å². The molecule has 25 heavy (non-hydrogen) atoms. The molecule has 0 bridgehead atoms. The molecule has 1 fully saturated rings. The lowest BCUT2D eigenvalue weighted by Crippen LogP contribution is -2.49. The van der Waals surface area contributed by atoms with E-state index in [1.165, 1.54) is 16.8 Å². The second-order valence-corrected chi connectivity index (χ2v) is 6.62. The van der Waals surface area contributed by atoms with Crippen molar-refractivity contribution in [2.45, 2.75) is 19.9 Å². The van der Waals surface area contributed by atoms with Crippen molar-refractivity contribution < 1.29 is 4.79 Å². The number of hydrogen-bond donors (Lipinski definition) is 1. The van der Waals surface area contributed by atoms with Gasteiger partial charge >= 0.3 is 0 Å². The van der Waals surface area contributed by atoms with Crippen LogP contribution in [0.3, 0.4) is 0 Å². The molecule has 4 heteroatoms. The van der Waals surface area contributed by atoms with E-state index < -0.39 is 0 Å². The normalized spacial score (nSPS) is 14.6. The van der Waals surface area contributed by atoms with Crippen LogP contribution < -0.4 is 10.2 Å². The Morgan fingerprint density at radius 1 is 1.00 bits per heavy atom. The first-order valence-corrected chi connectivity index (χ1v) is 9.06. The summed E-state index contributed by atoms with van der Waals surface area (Å²) in [5.74, 6) is 0.254. The Morgan fingerprint density at radius 3 is 2.48 bits per heavy atom. The maximum atomic E-state index is 12.4. The fraction of sp³-hybridized carbons (Fsp3) is 0.381. The number of aryl methyl sites for hydroxylation is 1. The third kappa shape index (κ3) is 5.07. The van der Waals surface area contributed by atoms with Crippen LogP contribution in [0, 0.1) is 6.92 Å². The molecule has 1 N–H and O–H groups in total. The topological polar surface area (TPSA) is 35.6 Å². The zero-order valence-electron chi connectivity index (χ0n) is 14.9. The molecule has 0 saturated carbocycles. The molecule has 1 heterocycles. The minimum atomic E-state index is 0.254. The number of hydrogen-bond acceptors (Lipinski definition) is 3. The van der Waals surface area contributed by atoms with Gasteiger partial charge in [0.25, 0.3) is 0 Å². The van der Waals surface area contributed by atoms with Gasteiger partial charge in [0.1, 0.15) is 0 Å². The second-order valence-electron chi connectivity index (χ2n) is 6.62. The number of rotatable bonds is 6. The van der Waals surface area contributed by atoms with Gasteiger partial charge in [-0.25, -0.2) is 0 Å². The molecule has 2 aromatic carbocycles. The van der Waals surface area contributed by atoms with Crippen LogP contribution in [-0.4, -0.2) is 43.5 Å². The van der Waals surface area contributed by atoms with Gasteiger partial charge in [-0.05, 0) is 30.2 Å². The van der Waals surface area contributed by atoms with E-state index in [9.17, 15) is 4.79 Å². The minimum Gasteiger partial charge on any atom is -0.368 e. The number of piperazine rings is 1. The summed E-state index contributed by atoms with van der Waals surface area (Å²) in [5.41, 5.74) is 3.79. The predicted molar refractivity (Wildman–Crippen MR) is 103 cm³/mol. The van der Waals surface area contributed by atoms with Crippen molar-refractivity contribution in [2.75, 3.05) is 37.6 Å². The molecule has 0 aromatic heterocycles. The van der Waals surface area contributed by atoms with E-state index in [1.54, 1.807) is 0 Å². The van der Waals surface area contributed by atoms with Crippen molar-refractivity contribution in [3.63, 3.8) is 0 Å². The van der Waals surface area contributed by atoms with Crippen LogP contribution in [0.4, 0.5) is 5.69 Å². The molecule has 4 nitrogen and oxygen atoms in total. The summed E-state index contributed by atoms with van der Waals surface area (Å²) in [6.45, 7) is 7.10. The van der Waals surface area contributed by atoms with E-state index in [-0.39, 0.29) is 5.91 Å². The van der Waals surface area contributed by atoms with E-state index >= 15 is 0 Å². The summed E-state index contributed by atoms with van der Waals surface area (Å²) >= 11 is 0. The van der Waals surface area contributed by atoms with Crippen LogP contribution in [-0.2, 0) is 11.3 Å². The summed E-state index contributed by atoms with van der Waals surface area (Å²) < 4.78 is 0. The Morgan fingerprint density at radius 2 is 1.76 bits per heavy atom. The van der Waals surface area contributed by atoms with Gasteiger partial charge in [0, 0.05) is 51.4 Å². The van der Waals surface area contributed by atoms with Crippen molar-refractivity contribution in [3.8, 4) is 0 Å². The fourth-order valence-corrected chi connectivity index (χ4v) is 3.22. The summed E-state index contributed by atoms with van der Waals surface area (Å²) in [7, 11) is 0. The molecule has 1 aliphatic rings. The highest BCUT2D eigenvalue weighted by Crippen LogP contribution is 2.18. The first-order chi connectivity index (χ1) is 12.2. The van der Waals surface area contributed by atoms with E-state index in [0.29, 0.717) is 6.42 Å². The van der Waals surface area contributed by atoms with E-state index in [1.807, 2.05) is 23.1 Å². The van der Waals surface area contributed by atoms with Crippen molar-refractivity contribution in [3.05, 3.63) is 65.7 Å². The average Bonchev–Trinajstić information content (AvgIpc) is 2.66. The summed E-state index contributed by atoms with van der Waals surface area (Å²) in [6.07, 6.45) is 0.567. The highest BCUT2D eigenvalue weighted by atomic mass is 16.2. The van der Waals surface area contributed by atoms with E-state index in [4.69, 9.17) is 0 Å². The van der Waals surface area contributed by atoms with E-state index in [2.05, 4.69) is 53.5 Å². The smallest absolute Gasteiger partial charge is 0.223 e. The number of carbonyl (C=O) groups excluding carboxylic acids is 1. The Balaban J connectivity index is 1.38. The Kier molecular flexibility index (Phi) is 6.07. The third-order valence-electron chi connectivity index (χ3n) is 4.69. The molecule has 1 amide bonds. The summed E-state index contributed by atoms with van der Waals surface area (Å²) in [4.78, 5) is 16.7. The monoisotopic (exact) mass is 337 g/mol. The van der Waals surface area contributed by atoms with Gasteiger partial charge in [0.2, 0.25) is 5.91 Å². The lowest BCUT2D eigenvalue weighted by atomic mass is 10.2. The van der Waals surface area contributed by atoms with Crippen molar-refractivity contribution >= 4 is 11.6 Å². The molecule has 3 rings (SSSR count). The van der Waals surface area contributed by atoms with Gasteiger partial charge in [-0.15, -0.1) is 0 Å².